The van der Waals surface area contributed by atoms with Crippen LogP contribution in [0.2, 0.25) is 0 Å². The predicted molar refractivity (Wildman–Crippen MR) is 119 cm³/mol. The summed E-state index contributed by atoms with van der Waals surface area (Å²) in [6.07, 6.45) is 0. The summed E-state index contributed by atoms with van der Waals surface area (Å²) in [6.45, 7) is 1.86. The summed E-state index contributed by atoms with van der Waals surface area (Å²) in [4.78, 5) is 16.9. The normalized spacial score (nSPS) is 10.6. The number of nitrogens with zero attached hydrogens (tertiary/aromatic N) is 5. The van der Waals surface area contributed by atoms with Crippen LogP contribution in [0.4, 0.5) is 5.13 Å². The van der Waals surface area contributed by atoms with Gasteiger partial charge in [-0.05, 0) is 25.1 Å². The van der Waals surface area contributed by atoms with Crippen molar-refractivity contribution in [1.29, 1.82) is 0 Å². The molecule has 0 spiro atoms. The van der Waals surface area contributed by atoms with E-state index in [2.05, 4.69) is 25.0 Å². The van der Waals surface area contributed by atoms with Gasteiger partial charge in [0.05, 0.1) is 32.7 Å². The number of ether oxygens (including phenoxy) is 3. The SMILES string of the molecule is COc1cccc(C(=O)Nc2nc(-c3nnn(-c4cc(OC)cc(OC)c4)c3C)ns2)c1. The molecule has 0 saturated carbocycles. The number of benzene rings is 2. The summed E-state index contributed by atoms with van der Waals surface area (Å²) in [6, 6.07) is 12.3. The van der Waals surface area contributed by atoms with Crippen molar-refractivity contribution in [2.75, 3.05) is 26.6 Å². The third-order valence-corrected chi connectivity index (χ3v) is 5.30. The Bertz CT molecular complexity index is 1250. The van der Waals surface area contributed by atoms with Crippen molar-refractivity contribution in [2.24, 2.45) is 0 Å². The van der Waals surface area contributed by atoms with E-state index >= 15 is 0 Å². The van der Waals surface area contributed by atoms with Gasteiger partial charge >= 0.3 is 0 Å². The average molecular weight is 452 g/mol. The molecule has 4 aromatic rings. The smallest absolute Gasteiger partial charge is 0.257 e. The number of anilines is 1. The highest BCUT2D eigenvalue weighted by Gasteiger charge is 2.19. The van der Waals surface area contributed by atoms with Crippen LogP contribution < -0.4 is 19.5 Å². The van der Waals surface area contributed by atoms with Gasteiger partial charge in [-0.2, -0.15) is 9.36 Å². The lowest BCUT2D eigenvalue weighted by molar-refractivity contribution is 0.102. The third kappa shape index (κ3) is 4.23. The lowest BCUT2D eigenvalue weighted by Crippen LogP contribution is -2.11. The molecule has 164 valence electrons. The topological polar surface area (TPSA) is 113 Å². The zero-order valence-electron chi connectivity index (χ0n) is 17.8. The highest BCUT2D eigenvalue weighted by Crippen LogP contribution is 2.28. The van der Waals surface area contributed by atoms with E-state index in [0.717, 1.165) is 22.9 Å². The highest BCUT2D eigenvalue weighted by molar-refractivity contribution is 7.10. The molecule has 0 unspecified atom stereocenters. The number of hydrogen-bond donors (Lipinski definition) is 1. The molecule has 0 aliphatic rings. The third-order valence-electron chi connectivity index (χ3n) is 4.67. The predicted octanol–water partition coefficient (Wildman–Crippen LogP) is 3.37. The molecule has 0 aliphatic carbocycles. The van der Waals surface area contributed by atoms with Gasteiger partial charge in [0.15, 0.2) is 11.5 Å². The fraction of sp³-hybridized carbons (Fsp3) is 0.190. The Balaban J connectivity index is 1.58. The van der Waals surface area contributed by atoms with Gasteiger partial charge in [-0.1, -0.05) is 11.3 Å². The number of amides is 1. The second-order valence-electron chi connectivity index (χ2n) is 6.62. The molecule has 0 aliphatic heterocycles. The average Bonchev–Trinajstić information content (AvgIpc) is 3.44. The van der Waals surface area contributed by atoms with Crippen LogP contribution in [0, 0.1) is 6.92 Å². The van der Waals surface area contributed by atoms with Gasteiger partial charge in [0, 0.05) is 35.3 Å². The molecule has 1 amide bonds. The Morgan fingerprint density at radius 1 is 1.00 bits per heavy atom. The van der Waals surface area contributed by atoms with Crippen molar-refractivity contribution < 1.29 is 19.0 Å². The Morgan fingerprint density at radius 3 is 2.41 bits per heavy atom. The molecular formula is C21H20N6O4S. The largest absolute Gasteiger partial charge is 0.497 e. The molecule has 11 heteroatoms. The molecule has 0 radical (unpaired) electrons. The molecule has 0 saturated heterocycles. The molecule has 10 nitrogen and oxygen atoms in total. The maximum absolute atomic E-state index is 12.5. The van der Waals surface area contributed by atoms with Crippen LogP contribution in [0.15, 0.2) is 42.5 Å². The molecule has 0 atom stereocenters. The summed E-state index contributed by atoms with van der Waals surface area (Å²) in [5.74, 6) is 1.91. The van der Waals surface area contributed by atoms with Gasteiger partial charge in [0.2, 0.25) is 5.13 Å². The zero-order valence-corrected chi connectivity index (χ0v) is 18.6. The van der Waals surface area contributed by atoms with Gasteiger partial charge in [0.1, 0.15) is 17.2 Å². The van der Waals surface area contributed by atoms with Crippen LogP contribution in [-0.2, 0) is 0 Å². The first-order chi connectivity index (χ1) is 15.5. The van der Waals surface area contributed by atoms with Crippen LogP contribution in [-0.4, -0.2) is 51.6 Å². The number of nitrogens with one attached hydrogen (secondary N) is 1. The molecule has 2 aromatic carbocycles. The fourth-order valence-corrected chi connectivity index (χ4v) is 3.57. The van der Waals surface area contributed by atoms with Crippen LogP contribution >= 0.6 is 11.5 Å². The molecule has 1 N–H and O–H groups in total. The Hall–Kier alpha value is -3.99. The van der Waals surface area contributed by atoms with Gasteiger partial charge in [-0.3, -0.25) is 10.1 Å². The minimum atomic E-state index is -0.310. The first-order valence-corrected chi connectivity index (χ1v) is 10.2. The second-order valence-corrected chi connectivity index (χ2v) is 7.37. The summed E-state index contributed by atoms with van der Waals surface area (Å²) >= 11 is 1.06. The summed E-state index contributed by atoms with van der Waals surface area (Å²) in [5, 5.41) is 11.6. The summed E-state index contributed by atoms with van der Waals surface area (Å²) in [7, 11) is 4.71. The summed E-state index contributed by atoms with van der Waals surface area (Å²) < 4.78 is 21.8. The lowest BCUT2D eigenvalue weighted by atomic mass is 10.2. The van der Waals surface area contributed by atoms with E-state index in [4.69, 9.17) is 14.2 Å². The van der Waals surface area contributed by atoms with Crippen molar-refractivity contribution in [3.8, 4) is 34.5 Å². The number of rotatable bonds is 7. The van der Waals surface area contributed by atoms with Crippen LogP contribution in [0.1, 0.15) is 16.1 Å². The molecule has 2 heterocycles. The molecule has 2 aromatic heterocycles. The Morgan fingerprint density at radius 2 is 1.72 bits per heavy atom. The number of methoxy groups -OCH3 is 3. The lowest BCUT2D eigenvalue weighted by Gasteiger charge is -2.09. The quantitative estimate of drug-likeness (QED) is 0.454. The van der Waals surface area contributed by atoms with Gasteiger partial charge < -0.3 is 14.2 Å². The number of carbonyl (C=O) groups is 1. The van der Waals surface area contributed by atoms with E-state index in [9.17, 15) is 4.79 Å². The minimum Gasteiger partial charge on any atom is -0.497 e. The van der Waals surface area contributed by atoms with Crippen LogP contribution in [0.5, 0.6) is 17.2 Å². The standard InChI is InChI=1S/C21H20N6O4S/c1-12-18(24-26-27(12)14-9-16(30-3)11-17(10-14)31-4)19-22-21(32-25-19)23-20(28)13-6-5-7-15(8-13)29-2/h5-11H,1-4H3,(H,22,23,25,28). The fourth-order valence-electron chi connectivity index (χ4n) is 3.00. The van der Waals surface area contributed by atoms with Crippen molar-refractivity contribution >= 4 is 22.6 Å². The van der Waals surface area contributed by atoms with Crippen molar-refractivity contribution in [3.05, 3.63) is 53.7 Å². The molecular weight excluding hydrogens is 432 g/mol. The molecule has 0 fully saturated rings. The van der Waals surface area contributed by atoms with E-state index in [1.807, 2.05) is 19.1 Å². The maximum atomic E-state index is 12.5. The van der Waals surface area contributed by atoms with Gasteiger partial charge in [-0.15, -0.1) is 5.10 Å². The number of hydrogen-bond acceptors (Lipinski definition) is 9. The van der Waals surface area contributed by atoms with Crippen molar-refractivity contribution in [2.45, 2.75) is 6.92 Å². The highest BCUT2D eigenvalue weighted by atomic mass is 32.1. The number of aromatic nitrogens is 5. The summed E-state index contributed by atoms with van der Waals surface area (Å²) in [5.41, 5.74) is 2.41. The van der Waals surface area contributed by atoms with E-state index in [1.54, 1.807) is 56.3 Å². The Labute approximate surface area is 187 Å². The first kappa shape index (κ1) is 21.2. The Kier molecular flexibility index (Phi) is 5.99. The van der Waals surface area contributed by atoms with E-state index in [1.165, 1.54) is 0 Å². The molecule has 0 bridgehead atoms. The van der Waals surface area contributed by atoms with E-state index in [0.29, 0.717) is 39.5 Å². The minimum absolute atomic E-state index is 0.310. The van der Waals surface area contributed by atoms with E-state index < -0.39 is 0 Å². The molecule has 32 heavy (non-hydrogen) atoms. The second kappa shape index (κ2) is 9.02. The van der Waals surface area contributed by atoms with Gasteiger partial charge in [0.25, 0.3) is 5.91 Å². The maximum Gasteiger partial charge on any atom is 0.257 e. The van der Waals surface area contributed by atoms with E-state index in [-0.39, 0.29) is 5.91 Å². The van der Waals surface area contributed by atoms with Crippen molar-refractivity contribution in [3.63, 3.8) is 0 Å². The van der Waals surface area contributed by atoms with Gasteiger partial charge in [-0.25, -0.2) is 4.68 Å². The first-order valence-electron chi connectivity index (χ1n) is 9.47. The monoisotopic (exact) mass is 452 g/mol. The van der Waals surface area contributed by atoms with Crippen LogP contribution in [0.25, 0.3) is 17.2 Å². The number of carbonyl (C=O) groups excluding carboxylic acids is 1. The zero-order chi connectivity index (χ0) is 22.7. The van der Waals surface area contributed by atoms with Crippen molar-refractivity contribution in [1.82, 2.24) is 24.4 Å². The molecule has 4 rings (SSSR count). The van der Waals surface area contributed by atoms with Crippen LogP contribution in [0.3, 0.4) is 0 Å².